The van der Waals surface area contributed by atoms with Crippen LogP contribution in [-0.4, -0.2) is 33.0 Å². The summed E-state index contributed by atoms with van der Waals surface area (Å²) in [4.78, 5) is 18.2. The smallest absolute Gasteiger partial charge is 0.220 e. The molecule has 0 bridgehead atoms. The maximum atomic E-state index is 12.3. The first-order valence-electron chi connectivity index (χ1n) is 9.75. The Kier molecular flexibility index (Phi) is 6.73. The molecule has 0 atom stereocenters. The summed E-state index contributed by atoms with van der Waals surface area (Å²) in [5.74, 6) is 0.959. The molecule has 0 aliphatic rings. The van der Waals surface area contributed by atoms with E-state index in [1.165, 1.54) is 10.5 Å². The van der Waals surface area contributed by atoms with Crippen LogP contribution in [0.3, 0.4) is 0 Å². The third-order valence-corrected chi connectivity index (χ3v) is 5.88. The van der Waals surface area contributed by atoms with Crippen LogP contribution < -0.4 is 5.32 Å². The van der Waals surface area contributed by atoms with Crippen LogP contribution in [-0.2, 0) is 11.2 Å². The van der Waals surface area contributed by atoms with Gasteiger partial charge in [-0.25, -0.2) is 9.67 Å². The standard InChI is InChI=1S/C22H28N4OS/c1-15(2)26-22-20(14-24-26)16(3)19(17(4)25-22)10-11-21(27)23-12-13-28-18-8-6-5-7-9-18/h5-9,14-15H,10-13H2,1-4H3,(H,23,27). The Balaban J connectivity index is 1.55. The number of aromatic nitrogens is 3. The molecule has 0 aliphatic carbocycles. The molecule has 3 rings (SSSR count). The zero-order valence-electron chi connectivity index (χ0n) is 17.0. The summed E-state index contributed by atoms with van der Waals surface area (Å²) in [6, 6.07) is 10.5. The van der Waals surface area contributed by atoms with E-state index in [4.69, 9.17) is 4.98 Å². The van der Waals surface area contributed by atoms with Gasteiger partial charge in [0.1, 0.15) is 0 Å². The summed E-state index contributed by atoms with van der Waals surface area (Å²) in [6.45, 7) is 9.01. The fraction of sp³-hybridized carbons (Fsp3) is 0.409. The number of aryl methyl sites for hydroxylation is 2. The maximum Gasteiger partial charge on any atom is 0.220 e. The van der Waals surface area contributed by atoms with Gasteiger partial charge in [0.15, 0.2) is 5.65 Å². The topological polar surface area (TPSA) is 59.8 Å². The van der Waals surface area contributed by atoms with Crippen molar-refractivity contribution in [3.8, 4) is 0 Å². The van der Waals surface area contributed by atoms with E-state index in [1.807, 2.05) is 36.0 Å². The highest BCUT2D eigenvalue weighted by atomic mass is 32.2. The minimum absolute atomic E-state index is 0.0884. The summed E-state index contributed by atoms with van der Waals surface area (Å²) < 4.78 is 1.95. The summed E-state index contributed by atoms with van der Waals surface area (Å²) >= 11 is 1.75. The monoisotopic (exact) mass is 396 g/mol. The predicted molar refractivity (Wildman–Crippen MR) is 116 cm³/mol. The number of carbonyl (C=O) groups is 1. The molecule has 0 spiro atoms. The van der Waals surface area contributed by atoms with E-state index < -0.39 is 0 Å². The maximum absolute atomic E-state index is 12.3. The summed E-state index contributed by atoms with van der Waals surface area (Å²) in [6.07, 6.45) is 3.07. The molecule has 0 saturated carbocycles. The van der Waals surface area contributed by atoms with Crippen molar-refractivity contribution in [3.63, 3.8) is 0 Å². The van der Waals surface area contributed by atoms with Crippen molar-refractivity contribution in [2.24, 2.45) is 0 Å². The van der Waals surface area contributed by atoms with E-state index in [0.29, 0.717) is 19.4 Å². The quantitative estimate of drug-likeness (QED) is 0.451. The predicted octanol–water partition coefficient (Wildman–Crippen LogP) is 4.47. The molecule has 0 unspecified atom stereocenters. The average Bonchev–Trinajstić information content (AvgIpc) is 3.10. The highest BCUT2D eigenvalue weighted by Crippen LogP contribution is 2.25. The fourth-order valence-corrected chi connectivity index (χ4v) is 4.13. The molecule has 5 nitrogen and oxygen atoms in total. The fourth-order valence-electron chi connectivity index (χ4n) is 3.34. The van der Waals surface area contributed by atoms with Gasteiger partial charge in [0.25, 0.3) is 0 Å². The van der Waals surface area contributed by atoms with Gasteiger partial charge < -0.3 is 5.32 Å². The molecule has 0 aliphatic heterocycles. The van der Waals surface area contributed by atoms with Crippen molar-refractivity contribution < 1.29 is 4.79 Å². The van der Waals surface area contributed by atoms with Crippen LogP contribution >= 0.6 is 11.8 Å². The Morgan fingerprint density at radius 3 is 2.68 bits per heavy atom. The van der Waals surface area contributed by atoms with Crippen LogP contribution in [0, 0.1) is 13.8 Å². The van der Waals surface area contributed by atoms with Gasteiger partial charge in [-0.05, 0) is 57.4 Å². The first kappa shape index (κ1) is 20.4. The molecule has 28 heavy (non-hydrogen) atoms. The Morgan fingerprint density at radius 2 is 1.96 bits per heavy atom. The molecule has 0 fully saturated rings. The van der Waals surface area contributed by atoms with Gasteiger partial charge >= 0.3 is 0 Å². The van der Waals surface area contributed by atoms with Crippen molar-refractivity contribution in [1.82, 2.24) is 20.1 Å². The number of carbonyl (C=O) groups excluding carboxylic acids is 1. The lowest BCUT2D eigenvalue weighted by Crippen LogP contribution is -2.26. The number of hydrogen-bond acceptors (Lipinski definition) is 4. The van der Waals surface area contributed by atoms with Crippen molar-refractivity contribution >= 4 is 28.7 Å². The van der Waals surface area contributed by atoms with Crippen LogP contribution in [0.1, 0.15) is 43.1 Å². The molecule has 0 saturated heterocycles. The average molecular weight is 397 g/mol. The van der Waals surface area contributed by atoms with Crippen molar-refractivity contribution in [2.75, 3.05) is 12.3 Å². The van der Waals surface area contributed by atoms with Crippen molar-refractivity contribution in [3.05, 3.63) is 53.3 Å². The highest BCUT2D eigenvalue weighted by molar-refractivity contribution is 7.99. The molecular formula is C22H28N4OS. The minimum atomic E-state index is 0.0884. The molecule has 2 aromatic heterocycles. The Hall–Kier alpha value is -2.34. The number of hydrogen-bond donors (Lipinski definition) is 1. The van der Waals surface area contributed by atoms with E-state index in [9.17, 15) is 4.79 Å². The van der Waals surface area contributed by atoms with E-state index in [2.05, 4.69) is 43.3 Å². The summed E-state index contributed by atoms with van der Waals surface area (Å²) in [5.41, 5.74) is 4.25. The van der Waals surface area contributed by atoms with Crippen LogP contribution in [0.4, 0.5) is 0 Å². The van der Waals surface area contributed by atoms with E-state index in [1.54, 1.807) is 11.8 Å². The lowest BCUT2D eigenvalue weighted by atomic mass is 10.0. The van der Waals surface area contributed by atoms with Gasteiger partial charge in [-0.1, -0.05) is 18.2 Å². The number of pyridine rings is 1. The third kappa shape index (κ3) is 4.73. The van der Waals surface area contributed by atoms with Gasteiger partial charge in [-0.2, -0.15) is 5.10 Å². The molecule has 3 aromatic rings. The zero-order valence-corrected chi connectivity index (χ0v) is 17.8. The van der Waals surface area contributed by atoms with E-state index in [0.717, 1.165) is 28.0 Å². The second-order valence-electron chi connectivity index (χ2n) is 7.23. The largest absolute Gasteiger partial charge is 0.355 e. The van der Waals surface area contributed by atoms with Crippen LogP contribution in [0.2, 0.25) is 0 Å². The molecule has 6 heteroatoms. The van der Waals surface area contributed by atoms with E-state index >= 15 is 0 Å². The number of nitrogens with zero attached hydrogens (tertiary/aromatic N) is 3. The van der Waals surface area contributed by atoms with Gasteiger partial charge in [-0.3, -0.25) is 4.79 Å². The first-order chi connectivity index (χ1) is 13.5. The number of benzene rings is 1. The van der Waals surface area contributed by atoms with Gasteiger partial charge in [0.2, 0.25) is 5.91 Å². The van der Waals surface area contributed by atoms with Crippen LogP contribution in [0.25, 0.3) is 11.0 Å². The van der Waals surface area contributed by atoms with Gasteiger partial charge in [-0.15, -0.1) is 11.8 Å². The number of thioether (sulfide) groups is 1. The Bertz CT molecular complexity index is 950. The van der Waals surface area contributed by atoms with Gasteiger partial charge in [0.05, 0.1) is 6.20 Å². The summed E-state index contributed by atoms with van der Waals surface area (Å²) in [5, 5.41) is 8.58. The van der Waals surface area contributed by atoms with Gasteiger partial charge in [0, 0.05) is 40.7 Å². The SMILES string of the molecule is Cc1nc2c(cnn2C(C)C)c(C)c1CCC(=O)NCCSc1ccccc1. The number of nitrogens with one attached hydrogen (secondary N) is 1. The molecule has 148 valence electrons. The lowest BCUT2D eigenvalue weighted by molar-refractivity contribution is -0.120. The normalized spacial score (nSPS) is 11.3. The molecule has 2 heterocycles. The Labute approximate surface area is 170 Å². The number of rotatable bonds is 8. The second-order valence-corrected chi connectivity index (χ2v) is 8.40. The first-order valence-corrected chi connectivity index (χ1v) is 10.7. The summed E-state index contributed by atoms with van der Waals surface area (Å²) in [7, 11) is 0. The molecular weight excluding hydrogens is 368 g/mol. The number of amides is 1. The van der Waals surface area contributed by atoms with Crippen LogP contribution in [0.5, 0.6) is 0 Å². The van der Waals surface area contributed by atoms with Crippen molar-refractivity contribution in [1.29, 1.82) is 0 Å². The van der Waals surface area contributed by atoms with Crippen LogP contribution in [0.15, 0.2) is 41.4 Å². The van der Waals surface area contributed by atoms with Crippen molar-refractivity contribution in [2.45, 2.75) is 51.5 Å². The third-order valence-electron chi connectivity index (χ3n) is 4.86. The molecule has 1 amide bonds. The van der Waals surface area contributed by atoms with E-state index in [-0.39, 0.29) is 11.9 Å². The number of fused-ring (bicyclic) bond motifs is 1. The lowest BCUT2D eigenvalue weighted by Gasteiger charge is -2.12. The Morgan fingerprint density at radius 1 is 1.21 bits per heavy atom. The molecule has 1 N–H and O–H groups in total. The second kappa shape index (κ2) is 9.24. The highest BCUT2D eigenvalue weighted by Gasteiger charge is 2.15. The zero-order chi connectivity index (χ0) is 20.1. The minimum Gasteiger partial charge on any atom is -0.355 e. The molecule has 0 radical (unpaired) electrons. The molecule has 1 aromatic carbocycles.